The summed E-state index contributed by atoms with van der Waals surface area (Å²) in [6.07, 6.45) is 4.39. The van der Waals surface area contributed by atoms with Crippen molar-refractivity contribution < 1.29 is 0 Å². The number of para-hydroxylation sites is 1. The van der Waals surface area contributed by atoms with Crippen LogP contribution in [0.4, 0.5) is 5.69 Å². The first-order valence-electron chi connectivity index (χ1n) is 6.21. The molecule has 0 saturated heterocycles. The van der Waals surface area contributed by atoms with E-state index in [1.54, 1.807) is 0 Å². The van der Waals surface area contributed by atoms with Gasteiger partial charge in [0.25, 0.3) is 0 Å². The van der Waals surface area contributed by atoms with Gasteiger partial charge in [-0.1, -0.05) is 37.8 Å². The monoisotopic (exact) mass is 265 g/mol. The van der Waals surface area contributed by atoms with E-state index in [1.807, 2.05) is 6.07 Å². The lowest BCUT2D eigenvalue weighted by Gasteiger charge is -2.14. The smallest absolute Gasteiger partial charge is 0.108 e. The molecule has 0 aliphatic rings. The van der Waals surface area contributed by atoms with Gasteiger partial charge < -0.3 is 0 Å². The lowest BCUT2D eigenvalue weighted by molar-refractivity contribution is 1.03. The van der Waals surface area contributed by atoms with E-state index in [0.717, 1.165) is 12.1 Å². The quantitative estimate of drug-likeness (QED) is 0.398. The summed E-state index contributed by atoms with van der Waals surface area (Å²) in [5.41, 5.74) is 2.35. The lowest BCUT2D eigenvalue weighted by Crippen LogP contribution is -2.14. The zero-order chi connectivity index (χ0) is 12.7. The molecule has 0 saturated carbocycles. The van der Waals surface area contributed by atoms with Crippen LogP contribution in [0.5, 0.6) is 0 Å². The van der Waals surface area contributed by atoms with Crippen LogP contribution in [0.15, 0.2) is 29.3 Å². The maximum Gasteiger partial charge on any atom is 0.108 e. The Morgan fingerprint density at radius 1 is 1.24 bits per heavy atom. The van der Waals surface area contributed by atoms with Gasteiger partial charge in [0.2, 0.25) is 0 Å². The molecule has 1 rings (SSSR count). The number of nitrogens with zero attached hydrogens (tertiary/aromatic N) is 1. The molecule has 0 aliphatic heterocycles. The van der Waals surface area contributed by atoms with E-state index in [2.05, 4.69) is 67.2 Å². The van der Waals surface area contributed by atoms with Gasteiger partial charge in [-0.05, 0) is 37.1 Å². The molecule has 0 bridgehead atoms. The van der Waals surface area contributed by atoms with E-state index in [-0.39, 0.29) is 0 Å². The van der Waals surface area contributed by atoms with Crippen LogP contribution in [0.2, 0.25) is 19.6 Å². The summed E-state index contributed by atoms with van der Waals surface area (Å²) in [5, 5.41) is 0. The molecule has 0 fully saturated rings. The third kappa shape index (κ3) is 6.69. The van der Waals surface area contributed by atoms with Crippen molar-refractivity contribution in [2.45, 2.75) is 39.4 Å². The van der Waals surface area contributed by atoms with Gasteiger partial charge in [-0.2, -0.15) is 11.2 Å². The van der Waals surface area contributed by atoms with Gasteiger partial charge in [0, 0.05) is 6.21 Å². The van der Waals surface area contributed by atoms with E-state index in [9.17, 15) is 0 Å². The molecule has 1 aromatic carbocycles. The first-order valence-corrected chi connectivity index (χ1v) is 11.4. The number of benzene rings is 1. The summed E-state index contributed by atoms with van der Waals surface area (Å²) in [5.74, 6) is 1.27. The number of hydrogen-bond donors (Lipinski definition) is 0. The minimum atomic E-state index is -0.918. The highest BCUT2D eigenvalue weighted by Crippen LogP contribution is 2.20. The normalized spacial score (nSPS) is 12.2. The highest BCUT2D eigenvalue weighted by Gasteiger charge is 2.12. The fourth-order valence-corrected chi connectivity index (χ4v) is 4.62. The summed E-state index contributed by atoms with van der Waals surface area (Å²) in [6.45, 7) is 9.31. The van der Waals surface area contributed by atoms with Crippen LogP contribution >= 0.6 is 11.2 Å². The summed E-state index contributed by atoms with van der Waals surface area (Å²) in [4.78, 5) is 4.52. The van der Waals surface area contributed by atoms with Crippen LogP contribution in [0.3, 0.4) is 0 Å². The predicted molar refractivity (Wildman–Crippen MR) is 84.4 cm³/mol. The molecule has 1 aromatic rings. The zero-order valence-electron chi connectivity index (χ0n) is 11.4. The molecule has 0 heterocycles. The molecule has 0 unspecified atom stereocenters. The number of aryl methyl sites for hydroxylation is 1. The second-order valence-corrected chi connectivity index (χ2v) is 14.7. The Balaban J connectivity index is 2.25. The standard InChI is InChI=1S/C14H23NSSi/c1-13-9-5-6-10-14(13)15-11-7-8-12-16-17(2,3)4/h5-6,9-11H,7-8,12H2,1-4H3/b15-11-. The van der Waals surface area contributed by atoms with Crippen molar-refractivity contribution in [3.63, 3.8) is 0 Å². The van der Waals surface area contributed by atoms with Crippen LogP contribution in [-0.2, 0) is 0 Å². The Hall–Kier alpha value is -0.543. The molecule has 0 spiro atoms. The van der Waals surface area contributed by atoms with Crippen LogP contribution in [0.25, 0.3) is 0 Å². The molecule has 17 heavy (non-hydrogen) atoms. The van der Waals surface area contributed by atoms with Crippen molar-refractivity contribution in [1.82, 2.24) is 0 Å². The molecule has 0 aromatic heterocycles. The Kier molecular flexibility index (Phi) is 5.99. The summed E-state index contributed by atoms with van der Waals surface area (Å²) in [7, 11) is -0.918. The Labute approximate surface area is 110 Å². The third-order valence-corrected chi connectivity index (χ3v) is 6.93. The lowest BCUT2D eigenvalue weighted by atomic mass is 10.2. The highest BCUT2D eigenvalue weighted by molar-refractivity contribution is 8.28. The largest absolute Gasteiger partial charge is 0.261 e. The van der Waals surface area contributed by atoms with E-state index in [4.69, 9.17) is 0 Å². The number of unbranched alkanes of at least 4 members (excludes halogenated alkanes) is 1. The molecule has 0 aliphatic carbocycles. The summed E-state index contributed by atoms with van der Waals surface area (Å²) >= 11 is 2.16. The summed E-state index contributed by atoms with van der Waals surface area (Å²) in [6, 6.07) is 8.27. The maximum absolute atomic E-state index is 4.52. The second kappa shape index (κ2) is 7.02. The fraction of sp³-hybridized carbons (Fsp3) is 0.500. The van der Waals surface area contributed by atoms with Gasteiger partial charge in [-0.15, -0.1) is 0 Å². The van der Waals surface area contributed by atoms with Gasteiger partial charge in [-0.3, -0.25) is 4.99 Å². The molecule has 0 atom stereocenters. The van der Waals surface area contributed by atoms with E-state index in [0.29, 0.717) is 0 Å². The molecule has 3 heteroatoms. The van der Waals surface area contributed by atoms with Crippen molar-refractivity contribution in [2.75, 3.05) is 5.75 Å². The SMILES string of the molecule is Cc1ccccc1/N=C\CCCS[Si](C)(C)C. The molecule has 0 amide bonds. The number of rotatable bonds is 6. The molecule has 1 nitrogen and oxygen atoms in total. The maximum atomic E-state index is 4.52. The number of aliphatic imine (C=N–C) groups is 1. The average molecular weight is 265 g/mol. The van der Waals surface area contributed by atoms with Crippen molar-refractivity contribution >= 4 is 30.3 Å². The minimum absolute atomic E-state index is 0.918. The topological polar surface area (TPSA) is 12.4 Å². The van der Waals surface area contributed by atoms with E-state index >= 15 is 0 Å². The van der Waals surface area contributed by atoms with Crippen LogP contribution in [-0.4, -0.2) is 19.2 Å². The van der Waals surface area contributed by atoms with Gasteiger partial charge in [0.15, 0.2) is 0 Å². The van der Waals surface area contributed by atoms with E-state index in [1.165, 1.54) is 17.7 Å². The van der Waals surface area contributed by atoms with E-state index < -0.39 is 7.22 Å². The number of hydrogen-bond acceptors (Lipinski definition) is 2. The van der Waals surface area contributed by atoms with Gasteiger partial charge in [-0.25, -0.2) is 0 Å². The second-order valence-electron chi connectivity index (χ2n) is 5.20. The van der Waals surface area contributed by atoms with Crippen molar-refractivity contribution in [2.24, 2.45) is 4.99 Å². The van der Waals surface area contributed by atoms with Crippen molar-refractivity contribution in [1.29, 1.82) is 0 Å². The molecular weight excluding hydrogens is 242 g/mol. The molecular formula is C14H23NSSi. The Bertz CT molecular complexity index is 369. The third-order valence-electron chi connectivity index (χ3n) is 2.36. The van der Waals surface area contributed by atoms with Gasteiger partial charge >= 0.3 is 0 Å². The Morgan fingerprint density at radius 3 is 2.59 bits per heavy atom. The molecule has 0 radical (unpaired) electrons. The first kappa shape index (κ1) is 14.5. The minimum Gasteiger partial charge on any atom is -0.261 e. The predicted octanol–water partition coefficient (Wildman–Crippen LogP) is 5.05. The van der Waals surface area contributed by atoms with Crippen LogP contribution < -0.4 is 0 Å². The highest BCUT2D eigenvalue weighted by atomic mass is 32.4. The van der Waals surface area contributed by atoms with Gasteiger partial charge in [0.05, 0.1) is 5.69 Å². The summed E-state index contributed by atoms with van der Waals surface area (Å²) < 4.78 is 0. The first-order chi connectivity index (χ1) is 7.99. The Morgan fingerprint density at radius 2 is 1.94 bits per heavy atom. The zero-order valence-corrected chi connectivity index (χ0v) is 13.2. The molecule has 0 N–H and O–H groups in total. The average Bonchev–Trinajstić information content (AvgIpc) is 2.24. The van der Waals surface area contributed by atoms with Crippen molar-refractivity contribution in [3.05, 3.63) is 29.8 Å². The van der Waals surface area contributed by atoms with Crippen molar-refractivity contribution in [3.8, 4) is 0 Å². The van der Waals surface area contributed by atoms with Gasteiger partial charge in [0.1, 0.15) is 7.22 Å². The fourth-order valence-electron chi connectivity index (χ4n) is 1.42. The van der Waals surface area contributed by atoms with Crippen LogP contribution in [0, 0.1) is 6.92 Å². The molecule has 94 valence electrons. The van der Waals surface area contributed by atoms with Crippen LogP contribution in [0.1, 0.15) is 18.4 Å².